The van der Waals surface area contributed by atoms with Crippen molar-refractivity contribution in [2.24, 2.45) is 0 Å². The van der Waals surface area contributed by atoms with Gasteiger partial charge in [0.15, 0.2) is 0 Å². The van der Waals surface area contributed by atoms with Gasteiger partial charge in [-0.05, 0) is 26.8 Å². The molecule has 0 aliphatic rings. The number of nitrogens with zero attached hydrogens (tertiary/aromatic N) is 2. The zero-order chi connectivity index (χ0) is 11.5. The van der Waals surface area contributed by atoms with Crippen LogP contribution in [-0.4, -0.2) is 38.9 Å². The third-order valence-corrected chi connectivity index (χ3v) is 1.95. The van der Waals surface area contributed by atoms with Gasteiger partial charge < -0.3 is 15.5 Å². The maximum Gasteiger partial charge on any atom is 0.223 e. The lowest BCUT2D eigenvalue weighted by molar-refractivity contribution is 0.0131. The molecule has 3 N–H and O–H groups in total. The molecule has 0 amide bonds. The zero-order valence-electron chi connectivity index (χ0n) is 9.28. The van der Waals surface area contributed by atoms with Gasteiger partial charge in [-0.2, -0.15) is 0 Å². The number of aliphatic hydroxyl groups excluding tert-OH is 1. The number of hydrogen-bond acceptors (Lipinski definition) is 5. The van der Waals surface area contributed by atoms with E-state index < -0.39 is 5.60 Å². The number of aromatic nitrogens is 2. The first-order chi connectivity index (χ1) is 6.93. The molecule has 5 nitrogen and oxygen atoms in total. The van der Waals surface area contributed by atoms with Crippen LogP contribution in [0, 0.1) is 13.8 Å². The monoisotopic (exact) mass is 211 g/mol. The second-order valence-electron chi connectivity index (χ2n) is 3.98. The van der Waals surface area contributed by atoms with E-state index in [1.807, 2.05) is 19.9 Å². The van der Waals surface area contributed by atoms with Gasteiger partial charge in [-0.3, -0.25) is 0 Å². The average Bonchev–Trinajstić information content (AvgIpc) is 2.14. The normalized spacial score (nSPS) is 14.7. The van der Waals surface area contributed by atoms with E-state index in [1.54, 1.807) is 6.92 Å². The first kappa shape index (κ1) is 11.9. The van der Waals surface area contributed by atoms with Gasteiger partial charge in [-0.15, -0.1) is 0 Å². The number of nitrogens with one attached hydrogen (secondary N) is 1. The predicted octanol–water partition coefficient (Wildman–Crippen LogP) is 0.249. The highest BCUT2D eigenvalue weighted by molar-refractivity contribution is 5.28. The lowest BCUT2D eigenvalue weighted by Gasteiger charge is -2.20. The lowest BCUT2D eigenvalue weighted by atomic mass is 10.1. The second-order valence-corrected chi connectivity index (χ2v) is 3.98. The third kappa shape index (κ3) is 3.81. The third-order valence-electron chi connectivity index (χ3n) is 1.95. The molecular formula is C10H17N3O2. The number of aliphatic hydroxyl groups is 2. The Bertz CT molecular complexity index is 319. The summed E-state index contributed by atoms with van der Waals surface area (Å²) < 4.78 is 0. The number of rotatable bonds is 4. The summed E-state index contributed by atoms with van der Waals surface area (Å²) in [6.07, 6.45) is 0. The minimum atomic E-state index is -1.15. The van der Waals surface area contributed by atoms with E-state index in [9.17, 15) is 5.11 Å². The fourth-order valence-corrected chi connectivity index (χ4v) is 1.13. The van der Waals surface area contributed by atoms with Crippen LogP contribution < -0.4 is 5.32 Å². The highest BCUT2D eigenvalue weighted by Gasteiger charge is 2.18. The molecule has 0 bridgehead atoms. The maximum atomic E-state index is 9.56. The summed E-state index contributed by atoms with van der Waals surface area (Å²) in [6, 6.07) is 1.87. The van der Waals surface area contributed by atoms with Crippen molar-refractivity contribution in [3.05, 3.63) is 17.5 Å². The molecule has 0 saturated heterocycles. The Hall–Kier alpha value is -1.20. The van der Waals surface area contributed by atoms with Crippen LogP contribution in [0.5, 0.6) is 0 Å². The van der Waals surface area contributed by atoms with Crippen LogP contribution >= 0.6 is 0 Å². The number of hydrogen-bond donors (Lipinski definition) is 3. The first-order valence-corrected chi connectivity index (χ1v) is 4.82. The Morgan fingerprint density at radius 2 is 1.87 bits per heavy atom. The summed E-state index contributed by atoms with van der Waals surface area (Å²) in [5, 5.41) is 21.3. The fourth-order valence-electron chi connectivity index (χ4n) is 1.13. The van der Waals surface area contributed by atoms with E-state index in [4.69, 9.17) is 5.11 Å². The number of anilines is 1. The van der Waals surface area contributed by atoms with Crippen molar-refractivity contribution in [3.8, 4) is 0 Å². The average molecular weight is 211 g/mol. The quantitative estimate of drug-likeness (QED) is 0.665. The Balaban J connectivity index is 2.65. The molecule has 1 atom stereocenters. The van der Waals surface area contributed by atoms with Crippen molar-refractivity contribution < 1.29 is 10.2 Å². The predicted molar refractivity (Wildman–Crippen MR) is 57.7 cm³/mol. The molecule has 0 aromatic carbocycles. The molecule has 1 aromatic rings. The second kappa shape index (κ2) is 4.55. The van der Waals surface area contributed by atoms with Crippen LogP contribution in [0.3, 0.4) is 0 Å². The highest BCUT2D eigenvalue weighted by atomic mass is 16.3. The van der Waals surface area contributed by atoms with Crippen LogP contribution in [0.4, 0.5) is 5.95 Å². The summed E-state index contributed by atoms with van der Waals surface area (Å²) in [5.74, 6) is 0.473. The molecule has 15 heavy (non-hydrogen) atoms. The van der Waals surface area contributed by atoms with Crippen LogP contribution in [0.25, 0.3) is 0 Å². The van der Waals surface area contributed by atoms with Gasteiger partial charge in [-0.1, -0.05) is 0 Å². The minimum absolute atomic E-state index is 0.215. The molecule has 1 unspecified atom stereocenters. The summed E-state index contributed by atoms with van der Waals surface area (Å²) in [5.41, 5.74) is 0.586. The van der Waals surface area contributed by atoms with Gasteiger partial charge in [0, 0.05) is 17.9 Å². The summed E-state index contributed by atoms with van der Waals surface area (Å²) >= 11 is 0. The van der Waals surface area contributed by atoms with Crippen molar-refractivity contribution in [2.45, 2.75) is 26.4 Å². The molecule has 84 valence electrons. The van der Waals surface area contributed by atoms with Gasteiger partial charge in [0.1, 0.15) is 5.60 Å². The SMILES string of the molecule is Cc1cc(C)nc(NCC(C)(O)CO)n1. The smallest absolute Gasteiger partial charge is 0.223 e. The molecule has 0 saturated carbocycles. The molecule has 1 aromatic heterocycles. The maximum absolute atomic E-state index is 9.56. The minimum Gasteiger partial charge on any atom is -0.393 e. The first-order valence-electron chi connectivity index (χ1n) is 4.82. The summed E-state index contributed by atoms with van der Waals surface area (Å²) in [7, 11) is 0. The lowest BCUT2D eigenvalue weighted by Crippen LogP contribution is -2.37. The molecule has 0 fully saturated rings. The Morgan fingerprint density at radius 3 is 2.33 bits per heavy atom. The van der Waals surface area contributed by atoms with Crippen molar-refractivity contribution >= 4 is 5.95 Å². The van der Waals surface area contributed by atoms with Crippen LogP contribution in [-0.2, 0) is 0 Å². The van der Waals surface area contributed by atoms with E-state index in [1.165, 1.54) is 0 Å². The van der Waals surface area contributed by atoms with Gasteiger partial charge >= 0.3 is 0 Å². The van der Waals surface area contributed by atoms with E-state index in [-0.39, 0.29) is 13.2 Å². The molecule has 1 rings (SSSR count). The largest absolute Gasteiger partial charge is 0.393 e. The zero-order valence-corrected chi connectivity index (χ0v) is 9.28. The summed E-state index contributed by atoms with van der Waals surface area (Å²) in [4.78, 5) is 8.31. The molecule has 0 spiro atoms. The van der Waals surface area contributed by atoms with E-state index in [2.05, 4.69) is 15.3 Å². The van der Waals surface area contributed by atoms with E-state index in [0.717, 1.165) is 11.4 Å². The van der Waals surface area contributed by atoms with E-state index in [0.29, 0.717) is 5.95 Å². The van der Waals surface area contributed by atoms with Gasteiger partial charge in [0.05, 0.1) is 6.61 Å². The standard InChI is InChI=1S/C10H17N3O2/c1-7-4-8(2)13-9(12-7)11-5-10(3,15)6-14/h4,14-15H,5-6H2,1-3H3,(H,11,12,13). The number of aryl methyl sites for hydroxylation is 2. The van der Waals surface area contributed by atoms with Crippen molar-refractivity contribution in [3.63, 3.8) is 0 Å². The van der Waals surface area contributed by atoms with Crippen LogP contribution in [0.15, 0.2) is 6.07 Å². The Kier molecular flexibility index (Phi) is 3.60. The summed E-state index contributed by atoms with van der Waals surface area (Å²) in [6.45, 7) is 5.22. The van der Waals surface area contributed by atoms with Crippen molar-refractivity contribution in [2.75, 3.05) is 18.5 Å². The molecule has 5 heteroatoms. The molecular weight excluding hydrogens is 194 g/mol. The van der Waals surface area contributed by atoms with Crippen molar-refractivity contribution in [1.29, 1.82) is 0 Å². The molecule has 0 aliphatic heterocycles. The topological polar surface area (TPSA) is 78.3 Å². The highest BCUT2D eigenvalue weighted by Crippen LogP contribution is 2.06. The van der Waals surface area contributed by atoms with Gasteiger partial charge in [0.25, 0.3) is 0 Å². The van der Waals surface area contributed by atoms with Gasteiger partial charge in [0.2, 0.25) is 5.95 Å². The van der Waals surface area contributed by atoms with Crippen LogP contribution in [0.2, 0.25) is 0 Å². The molecule has 0 aliphatic carbocycles. The van der Waals surface area contributed by atoms with E-state index >= 15 is 0 Å². The van der Waals surface area contributed by atoms with Crippen molar-refractivity contribution in [1.82, 2.24) is 9.97 Å². The molecule has 0 radical (unpaired) electrons. The fraction of sp³-hybridized carbons (Fsp3) is 0.600. The Morgan fingerprint density at radius 1 is 1.33 bits per heavy atom. The van der Waals surface area contributed by atoms with Gasteiger partial charge in [-0.25, -0.2) is 9.97 Å². The van der Waals surface area contributed by atoms with Crippen LogP contribution in [0.1, 0.15) is 18.3 Å². The molecule has 1 heterocycles. The Labute approximate surface area is 89.2 Å².